The zero-order valence-electron chi connectivity index (χ0n) is 43.0. The Bertz CT molecular complexity index is 2220. The van der Waals surface area contributed by atoms with Crippen LogP contribution >= 0.6 is 0 Å². The number of piperidine rings is 4. The number of aliphatic hydroxyl groups excluding tert-OH is 1. The summed E-state index contributed by atoms with van der Waals surface area (Å²) in [5.41, 5.74) is 5.11. The van der Waals surface area contributed by atoms with Gasteiger partial charge in [0.2, 0.25) is 11.9 Å². The Morgan fingerprint density at radius 3 is 1.54 bits per heavy atom. The zero-order chi connectivity index (χ0) is 47.3. The average Bonchev–Trinajstić information content (AvgIpc) is 3.95. The molecule has 8 heterocycles. The third-order valence-corrected chi connectivity index (χ3v) is 17.8. The summed E-state index contributed by atoms with van der Waals surface area (Å²) < 4.78 is 11.8. The van der Waals surface area contributed by atoms with Crippen molar-refractivity contribution in [2.24, 2.45) is 0 Å². The maximum absolute atomic E-state index is 10.3. The first kappa shape index (κ1) is 49.2. The number of anilines is 2. The van der Waals surface area contributed by atoms with Gasteiger partial charge >= 0.3 is 0 Å². The van der Waals surface area contributed by atoms with E-state index in [0.717, 1.165) is 152 Å². The first-order valence-electron chi connectivity index (χ1n) is 28.3. The van der Waals surface area contributed by atoms with E-state index in [0.29, 0.717) is 48.1 Å². The number of ether oxygens (including phenoxy) is 1. The molecule has 6 fully saturated rings. The SMILES string of the molecule is CCC[C@H](C)Nc1ncc2c(C3CCN(C4CCN(CO[C@H]5CC[C@H](n6cc(C7CCN(C8CCNCC8)CC7)c7cnc(N[C@@H](C)CCC)nc76)CC5)CC4)CC3)cn([C@H]3CC[C@H](O)CC3)c2n1. The van der Waals surface area contributed by atoms with Crippen molar-refractivity contribution in [1.82, 2.24) is 49.1 Å². The van der Waals surface area contributed by atoms with Crippen LogP contribution < -0.4 is 16.0 Å². The highest BCUT2D eigenvalue weighted by Gasteiger charge is 2.34. The number of aromatic nitrogens is 6. The van der Waals surface area contributed by atoms with E-state index in [1.807, 2.05) is 0 Å². The molecule has 2 saturated carbocycles. The number of likely N-dealkylation sites (tertiary alicyclic amines) is 3. The van der Waals surface area contributed by atoms with Crippen LogP contribution in [0, 0.1) is 0 Å². The summed E-state index contributed by atoms with van der Waals surface area (Å²) in [7, 11) is 0. The smallest absolute Gasteiger partial charge is 0.224 e. The van der Waals surface area contributed by atoms with Crippen LogP contribution in [0.5, 0.6) is 0 Å². The molecule has 380 valence electrons. The van der Waals surface area contributed by atoms with Crippen molar-refractivity contribution in [1.29, 1.82) is 0 Å². The third kappa shape index (κ3) is 11.6. The van der Waals surface area contributed by atoms with Crippen LogP contribution in [0.25, 0.3) is 22.1 Å². The molecule has 14 nitrogen and oxygen atoms in total. The van der Waals surface area contributed by atoms with Gasteiger partial charge in [-0.3, -0.25) is 4.90 Å². The van der Waals surface area contributed by atoms with Crippen molar-refractivity contribution in [2.75, 3.05) is 69.7 Å². The molecular formula is C55H88N12O2. The van der Waals surface area contributed by atoms with Crippen LogP contribution in [-0.4, -0.2) is 144 Å². The van der Waals surface area contributed by atoms with Gasteiger partial charge in [-0.1, -0.05) is 26.7 Å². The van der Waals surface area contributed by atoms with Crippen LogP contribution in [0.2, 0.25) is 0 Å². The molecule has 4 N–H and O–H groups in total. The van der Waals surface area contributed by atoms with Gasteiger partial charge < -0.3 is 44.7 Å². The molecule has 0 radical (unpaired) electrons. The number of hydrogen-bond acceptors (Lipinski definition) is 12. The molecule has 0 aromatic carbocycles. The van der Waals surface area contributed by atoms with E-state index in [-0.39, 0.29) is 6.10 Å². The molecule has 0 spiro atoms. The summed E-state index contributed by atoms with van der Waals surface area (Å²) in [5, 5.41) is 23.5. The quantitative estimate of drug-likeness (QED) is 0.0803. The second-order valence-corrected chi connectivity index (χ2v) is 22.7. The molecule has 2 aliphatic carbocycles. The monoisotopic (exact) mass is 949 g/mol. The number of hydrogen-bond donors (Lipinski definition) is 4. The fraction of sp³-hybridized carbons (Fsp3) is 0.782. The molecule has 69 heavy (non-hydrogen) atoms. The Morgan fingerprint density at radius 2 is 1.06 bits per heavy atom. The van der Waals surface area contributed by atoms with E-state index in [1.54, 1.807) is 0 Å². The molecule has 10 rings (SSSR count). The van der Waals surface area contributed by atoms with Crippen LogP contribution in [0.4, 0.5) is 11.9 Å². The van der Waals surface area contributed by atoms with Crippen LogP contribution in [0.1, 0.15) is 191 Å². The fourth-order valence-corrected chi connectivity index (χ4v) is 13.7. The Morgan fingerprint density at radius 1 is 0.594 bits per heavy atom. The minimum absolute atomic E-state index is 0.167. The summed E-state index contributed by atoms with van der Waals surface area (Å²) in [5.74, 6) is 2.60. The molecule has 6 aliphatic rings. The molecule has 4 aromatic heterocycles. The lowest BCUT2D eigenvalue weighted by molar-refractivity contribution is -0.0545. The van der Waals surface area contributed by atoms with Crippen LogP contribution in [-0.2, 0) is 4.74 Å². The van der Waals surface area contributed by atoms with Gasteiger partial charge in [-0.15, -0.1) is 0 Å². The maximum Gasteiger partial charge on any atom is 0.224 e. The minimum Gasteiger partial charge on any atom is -0.393 e. The summed E-state index contributed by atoms with van der Waals surface area (Å²) in [6, 6.07) is 2.94. The fourth-order valence-electron chi connectivity index (χ4n) is 13.7. The highest BCUT2D eigenvalue weighted by atomic mass is 16.5. The molecule has 4 aliphatic heterocycles. The van der Waals surface area contributed by atoms with Gasteiger partial charge in [0.1, 0.15) is 11.3 Å². The van der Waals surface area contributed by atoms with Gasteiger partial charge in [-0.2, -0.15) is 9.97 Å². The number of rotatable bonds is 17. The van der Waals surface area contributed by atoms with Gasteiger partial charge in [0.15, 0.2) is 0 Å². The molecule has 0 unspecified atom stereocenters. The van der Waals surface area contributed by atoms with Crippen LogP contribution in [0.15, 0.2) is 24.8 Å². The van der Waals surface area contributed by atoms with Crippen LogP contribution in [0.3, 0.4) is 0 Å². The predicted molar refractivity (Wildman–Crippen MR) is 279 cm³/mol. The van der Waals surface area contributed by atoms with Crippen molar-refractivity contribution in [3.63, 3.8) is 0 Å². The second-order valence-electron chi connectivity index (χ2n) is 22.7. The molecule has 4 aromatic rings. The lowest BCUT2D eigenvalue weighted by Gasteiger charge is -2.42. The Hall–Kier alpha value is -3.40. The Labute approximate surface area is 413 Å². The van der Waals surface area contributed by atoms with Crippen molar-refractivity contribution in [3.8, 4) is 0 Å². The maximum atomic E-state index is 10.3. The number of nitrogens with one attached hydrogen (secondary N) is 3. The number of fused-ring (bicyclic) bond motifs is 2. The average molecular weight is 949 g/mol. The van der Waals surface area contributed by atoms with Gasteiger partial charge in [0.05, 0.1) is 18.9 Å². The van der Waals surface area contributed by atoms with E-state index in [2.05, 4.69) is 92.3 Å². The predicted octanol–water partition coefficient (Wildman–Crippen LogP) is 9.59. The Balaban J connectivity index is 0.708. The summed E-state index contributed by atoms with van der Waals surface area (Å²) in [4.78, 5) is 28.3. The largest absolute Gasteiger partial charge is 0.393 e. The minimum atomic E-state index is -0.167. The van der Waals surface area contributed by atoms with Crippen molar-refractivity contribution in [3.05, 3.63) is 35.9 Å². The van der Waals surface area contributed by atoms with E-state index in [1.165, 1.54) is 86.4 Å². The Kier molecular flexibility index (Phi) is 16.4. The molecule has 4 saturated heterocycles. The van der Waals surface area contributed by atoms with Gasteiger partial charge in [0, 0.05) is 84.9 Å². The number of aliphatic hydroxyl groups is 1. The van der Waals surface area contributed by atoms with Crippen molar-refractivity contribution >= 4 is 34.0 Å². The lowest BCUT2D eigenvalue weighted by atomic mass is 9.88. The standard InChI is InChI=1S/C55H88N12O2/c1-5-7-38(3)59-54-57-33-48-50(35-66(52(48)61-54)44-9-13-46(68)14-10-44)41-21-31-65(32-22-41)43-23-27-63(28-24-43)37-69-47-15-11-45(12-16-47)67-36-51(40-19-29-64(30-20-40)42-17-25-56-26-18-42)49-34-58-55(62-53(49)67)60-39(4)8-6-2/h33-36,38-47,56,68H,5-32,37H2,1-4H3,(H,57,59,61)(H,58,60,62)/t38-,39-,44-,45-,46-,47-/m0/s1. The molecule has 14 heteroatoms. The van der Waals surface area contributed by atoms with E-state index >= 15 is 0 Å². The molecule has 2 atom stereocenters. The molecular weight excluding hydrogens is 861 g/mol. The highest BCUT2D eigenvalue weighted by molar-refractivity contribution is 5.82. The topological polar surface area (TPSA) is 137 Å². The van der Waals surface area contributed by atoms with Gasteiger partial charge in [0.25, 0.3) is 0 Å². The van der Waals surface area contributed by atoms with Crippen molar-refractivity contribution in [2.45, 2.75) is 216 Å². The van der Waals surface area contributed by atoms with Crippen molar-refractivity contribution < 1.29 is 9.84 Å². The summed E-state index contributed by atoms with van der Waals surface area (Å²) in [6.45, 7) is 19.0. The lowest BCUT2D eigenvalue weighted by Crippen LogP contribution is -2.48. The highest BCUT2D eigenvalue weighted by Crippen LogP contribution is 2.41. The third-order valence-electron chi connectivity index (χ3n) is 17.8. The van der Waals surface area contributed by atoms with E-state index in [4.69, 9.17) is 24.7 Å². The summed E-state index contributed by atoms with van der Waals surface area (Å²) >= 11 is 0. The first-order valence-corrected chi connectivity index (χ1v) is 28.3. The number of nitrogens with zero attached hydrogens (tertiary/aromatic N) is 9. The molecule has 0 amide bonds. The zero-order valence-corrected chi connectivity index (χ0v) is 43.0. The molecule has 0 bridgehead atoms. The normalized spacial score (nSPS) is 27.0. The first-order chi connectivity index (χ1) is 33.8. The van der Waals surface area contributed by atoms with E-state index < -0.39 is 0 Å². The van der Waals surface area contributed by atoms with Gasteiger partial charge in [-0.05, 0) is 192 Å². The second kappa shape index (κ2) is 23.0. The van der Waals surface area contributed by atoms with E-state index in [9.17, 15) is 5.11 Å². The summed E-state index contributed by atoms with van der Waals surface area (Å²) in [6.07, 6.45) is 31.9. The van der Waals surface area contributed by atoms with Gasteiger partial charge in [-0.25, -0.2) is 9.97 Å².